The molecule has 0 heterocycles. The first-order valence-corrected chi connectivity index (χ1v) is 6.85. The summed E-state index contributed by atoms with van der Waals surface area (Å²) >= 11 is 0. The second kappa shape index (κ2) is 7.29. The van der Waals surface area contributed by atoms with Gasteiger partial charge < -0.3 is 10.2 Å². The van der Waals surface area contributed by atoms with E-state index in [9.17, 15) is 0 Å². The summed E-state index contributed by atoms with van der Waals surface area (Å²) in [4.78, 5) is 2.42. The molecule has 0 fully saturated rings. The van der Waals surface area contributed by atoms with Crippen molar-refractivity contribution >= 4 is 0 Å². The van der Waals surface area contributed by atoms with Crippen LogP contribution in [0, 0.1) is 5.92 Å². The molecule has 0 radical (unpaired) electrons. The Kier molecular flexibility index (Phi) is 7.25. The van der Waals surface area contributed by atoms with Crippen molar-refractivity contribution in [3.63, 3.8) is 0 Å². The molecule has 0 aromatic carbocycles. The molecule has 0 aliphatic rings. The first-order chi connectivity index (χ1) is 7.44. The average Bonchev–Trinajstić information content (AvgIpc) is 2.19. The Labute approximate surface area is 103 Å². The van der Waals surface area contributed by atoms with Crippen LogP contribution in [0.3, 0.4) is 0 Å². The van der Waals surface area contributed by atoms with Gasteiger partial charge in [-0.15, -0.1) is 0 Å². The fourth-order valence-corrected chi connectivity index (χ4v) is 2.90. The molecule has 0 aliphatic heterocycles. The standard InChI is InChI=1S/C14H32N2/c1-8-14(9-2,16(6)7)13(15-10-3)11-12(4)5/h12-13,15H,8-11H2,1-7H3. The van der Waals surface area contributed by atoms with E-state index in [0.29, 0.717) is 11.6 Å². The number of hydrogen-bond acceptors (Lipinski definition) is 2. The second-order valence-corrected chi connectivity index (χ2v) is 5.44. The van der Waals surface area contributed by atoms with Crippen LogP contribution < -0.4 is 5.32 Å². The fourth-order valence-electron chi connectivity index (χ4n) is 2.90. The van der Waals surface area contributed by atoms with Crippen LogP contribution in [0.15, 0.2) is 0 Å². The lowest BCUT2D eigenvalue weighted by atomic mass is 9.79. The summed E-state index contributed by atoms with van der Waals surface area (Å²) in [7, 11) is 4.44. The van der Waals surface area contributed by atoms with Gasteiger partial charge in [-0.05, 0) is 45.8 Å². The van der Waals surface area contributed by atoms with Crippen LogP contribution in [0.2, 0.25) is 0 Å². The highest BCUT2D eigenvalue weighted by Gasteiger charge is 2.37. The van der Waals surface area contributed by atoms with Crippen molar-refractivity contribution in [2.75, 3.05) is 20.6 Å². The molecule has 1 atom stereocenters. The molecule has 1 N–H and O–H groups in total. The number of nitrogens with zero attached hydrogens (tertiary/aromatic N) is 1. The predicted molar refractivity (Wildman–Crippen MR) is 73.9 cm³/mol. The third-order valence-corrected chi connectivity index (χ3v) is 3.92. The average molecular weight is 228 g/mol. The monoisotopic (exact) mass is 228 g/mol. The molecule has 0 bridgehead atoms. The minimum Gasteiger partial charge on any atom is -0.312 e. The van der Waals surface area contributed by atoms with Gasteiger partial charge in [0.05, 0.1) is 0 Å². The predicted octanol–water partition coefficient (Wildman–Crippen LogP) is 3.13. The van der Waals surface area contributed by atoms with Crippen LogP contribution in [-0.2, 0) is 0 Å². The topological polar surface area (TPSA) is 15.3 Å². The van der Waals surface area contributed by atoms with Crippen molar-refractivity contribution in [2.45, 2.75) is 65.5 Å². The van der Waals surface area contributed by atoms with Gasteiger partial charge in [-0.1, -0.05) is 34.6 Å². The van der Waals surface area contributed by atoms with Crippen LogP contribution in [0.1, 0.15) is 53.9 Å². The lowest BCUT2D eigenvalue weighted by molar-refractivity contribution is 0.0789. The molecule has 2 nitrogen and oxygen atoms in total. The maximum Gasteiger partial charge on any atom is 0.0351 e. The van der Waals surface area contributed by atoms with Gasteiger partial charge in [0.2, 0.25) is 0 Å². The van der Waals surface area contributed by atoms with Crippen molar-refractivity contribution in [3.05, 3.63) is 0 Å². The van der Waals surface area contributed by atoms with E-state index in [4.69, 9.17) is 0 Å². The van der Waals surface area contributed by atoms with Crippen LogP contribution in [0.5, 0.6) is 0 Å². The Balaban J connectivity index is 4.91. The Morgan fingerprint density at radius 2 is 1.56 bits per heavy atom. The lowest BCUT2D eigenvalue weighted by Gasteiger charge is -2.46. The van der Waals surface area contributed by atoms with Crippen LogP contribution in [-0.4, -0.2) is 37.1 Å². The number of nitrogens with one attached hydrogen (secondary N) is 1. The zero-order chi connectivity index (χ0) is 12.8. The molecule has 16 heavy (non-hydrogen) atoms. The van der Waals surface area contributed by atoms with Crippen molar-refractivity contribution in [1.29, 1.82) is 0 Å². The molecule has 0 amide bonds. The third-order valence-electron chi connectivity index (χ3n) is 3.92. The summed E-state index contributed by atoms with van der Waals surface area (Å²) in [5.74, 6) is 0.751. The quantitative estimate of drug-likeness (QED) is 0.686. The van der Waals surface area contributed by atoms with Gasteiger partial charge in [0.15, 0.2) is 0 Å². The molecule has 1 unspecified atom stereocenters. The molecule has 0 rings (SSSR count). The van der Waals surface area contributed by atoms with E-state index < -0.39 is 0 Å². The molecular formula is C14H32N2. The molecule has 0 saturated heterocycles. The van der Waals surface area contributed by atoms with Gasteiger partial charge in [0, 0.05) is 11.6 Å². The highest BCUT2D eigenvalue weighted by Crippen LogP contribution is 2.29. The summed E-state index contributed by atoms with van der Waals surface area (Å²) < 4.78 is 0. The fraction of sp³-hybridized carbons (Fsp3) is 1.00. The van der Waals surface area contributed by atoms with E-state index in [2.05, 4.69) is 58.9 Å². The van der Waals surface area contributed by atoms with Gasteiger partial charge in [-0.3, -0.25) is 0 Å². The van der Waals surface area contributed by atoms with E-state index in [1.165, 1.54) is 19.3 Å². The zero-order valence-electron chi connectivity index (χ0n) is 12.4. The number of likely N-dealkylation sites (N-methyl/N-ethyl adjacent to an activating group) is 2. The van der Waals surface area contributed by atoms with E-state index in [1.54, 1.807) is 0 Å². The third kappa shape index (κ3) is 3.74. The minimum atomic E-state index is 0.306. The SMILES string of the molecule is CCNC(CC(C)C)C(CC)(CC)N(C)C. The van der Waals surface area contributed by atoms with Crippen molar-refractivity contribution < 1.29 is 0 Å². The normalized spacial score (nSPS) is 14.8. The maximum absolute atomic E-state index is 3.70. The van der Waals surface area contributed by atoms with Crippen LogP contribution in [0.4, 0.5) is 0 Å². The number of rotatable bonds is 8. The van der Waals surface area contributed by atoms with E-state index in [-0.39, 0.29) is 0 Å². The summed E-state index contributed by atoms with van der Waals surface area (Å²) in [5, 5.41) is 3.70. The van der Waals surface area contributed by atoms with Crippen LogP contribution in [0.25, 0.3) is 0 Å². The van der Waals surface area contributed by atoms with Crippen molar-refractivity contribution in [3.8, 4) is 0 Å². The smallest absolute Gasteiger partial charge is 0.0351 e. The Morgan fingerprint density at radius 1 is 1.06 bits per heavy atom. The van der Waals surface area contributed by atoms with Gasteiger partial charge in [0.1, 0.15) is 0 Å². The largest absolute Gasteiger partial charge is 0.312 e. The summed E-state index contributed by atoms with van der Waals surface area (Å²) in [5.41, 5.74) is 0.306. The van der Waals surface area contributed by atoms with E-state index in [1.807, 2.05) is 0 Å². The molecule has 0 saturated carbocycles. The molecule has 0 aromatic rings. The minimum absolute atomic E-state index is 0.306. The van der Waals surface area contributed by atoms with E-state index >= 15 is 0 Å². The van der Waals surface area contributed by atoms with E-state index in [0.717, 1.165) is 12.5 Å². The van der Waals surface area contributed by atoms with Crippen molar-refractivity contribution in [1.82, 2.24) is 10.2 Å². The molecular weight excluding hydrogens is 196 g/mol. The van der Waals surface area contributed by atoms with Gasteiger partial charge in [-0.2, -0.15) is 0 Å². The lowest BCUT2D eigenvalue weighted by Crippen LogP contribution is -2.58. The maximum atomic E-state index is 3.70. The first-order valence-electron chi connectivity index (χ1n) is 6.85. The Bertz CT molecular complexity index is 172. The first kappa shape index (κ1) is 15.9. The zero-order valence-corrected chi connectivity index (χ0v) is 12.4. The summed E-state index contributed by atoms with van der Waals surface area (Å²) in [6, 6.07) is 0.600. The molecule has 98 valence electrons. The van der Waals surface area contributed by atoms with Gasteiger partial charge in [-0.25, -0.2) is 0 Å². The Hall–Kier alpha value is -0.0800. The number of hydrogen-bond donors (Lipinski definition) is 1. The molecule has 0 aromatic heterocycles. The van der Waals surface area contributed by atoms with Crippen molar-refractivity contribution in [2.24, 2.45) is 5.92 Å². The van der Waals surface area contributed by atoms with Gasteiger partial charge in [0.25, 0.3) is 0 Å². The summed E-state index contributed by atoms with van der Waals surface area (Å²) in [6.45, 7) is 12.5. The molecule has 2 heteroatoms. The van der Waals surface area contributed by atoms with Gasteiger partial charge >= 0.3 is 0 Å². The highest BCUT2D eigenvalue weighted by molar-refractivity contribution is 4.97. The summed E-state index contributed by atoms with van der Waals surface area (Å²) in [6.07, 6.45) is 3.68. The second-order valence-electron chi connectivity index (χ2n) is 5.44. The molecule has 0 spiro atoms. The molecule has 0 aliphatic carbocycles. The highest BCUT2D eigenvalue weighted by atomic mass is 15.2. The van der Waals surface area contributed by atoms with Crippen LogP contribution >= 0.6 is 0 Å². The Morgan fingerprint density at radius 3 is 1.81 bits per heavy atom.